The Bertz CT molecular complexity index is 669. The number of benzene rings is 1. The van der Waals surface area contributed by atoms with E-state index in [1.807, 2.05) is 12.1 Å². The van der Waals surface area contributed by atoms with Crippen LogP contribution in [0.15, 0.2) is 41.8 Å². The second kappa shape index (κ2) is 8.87. The Labute approximate surface area is 152 Å². The quantitative estimate of drug-likeness (QED) is 0.712. The van der Waals surface area contributed by atoms with Crippen LogP contribution in [0, 0.1) is 0 Å². The fourth-order valence-corrected chi connectivity index (χ4v) is 4.09. The van der Waals surface area contributed by atoms with Crippen molar-refractivity contribution in [1.82, 2.24) is 15.5 Å². The van der Waals surface area contributed by atoms with E-state index < -0.39 is 0 Å². The molecule has 1 aliphatic heterocycles. The van der Waals surface area contributed by atoms with Crippen molar-refractivity contribution in [2.45, 2.75) is 25.3 Å². The van der Waals surface area contributed by atoms with E-state index in [0.29, 0.717) is 19.5 Å². The number of phenolic OH excluding ortho intramolecular Hbond substituents is 1. The van der Waals surface area contributed by atoms with E-state index in [1.54, 1.807) is 23.5 Å². The van der Waals surface area contributed by atoms with Crippen LogP contribution in [0.3, 0.4) is 0 Å². The first-order chi connectivity index (χ1) is 12.2. The first kappa shape index (κ1) is 17.8. The summed E-state index contributed by atoms with van der Waals surface area (Å²) in [6.07, 6.45) is 3.16. The van der Waals surface area contributed by atoms with Crippen molar-refractivity contribution in [2.75, 3.05) is 26.2 Å². The Hall–Kier alpha value is -2.05. The van der Waals surface area contributed by atoms with Crippen LogP contribution in [0.2, 0.25) is 0 Å². The van der Waals surface area contributed by atoms with Gasteiger partial charge in [-0.3, -0.25) is 4.90 Å². The molecule has 1 atom stereocenters. The van der Waals surface area contributed by atoms with Crippen LogP contribution in [0.5, 0.6) is 5.75 Å². The summed E-state index contributed by atoms with van der Waals surface area (Å²) in [4.78, 5) is 15.9. The molecule has 0 bridgehead atoms. The number of thiophene rings is 1. The molecule has 1 aromatic heterocycles. The van der Waals surface area contributed by atoms with E-state index in [4.69, 9.17) is 0 Å². The van der Waals surface area contributed by atoms with Crippen molar-refractivity contribution in [3.05, 3.63) is 52.2 Å². The van der Waals surface area contributed by atoms with Crippen molar-refractivity contribution in [3.8, 4) is 5.75 Å². The van der Waals surface area contributed by atoms with E-state index in [9.17, 15) is 9.90 Å². The lowest BCUT2D eigenvalue weighted by Gasteiger charge is -2.26. The molecule has 0 radical (unpaired) electrons. The predicted octanol–water partition coefficient (Wildman–Crippen LogP) is 3.13. The molecule has 5 nitrogen and oxygen atoms in total. The zero-order valence-electron chi connectivity index (χ0n) is 14.3. The molecular formula is C19H25N3O2S. The summed E-state index contributed by atoms with van der Waals surface area (Å²) in [6.45, 7) is 3.37. The molecule has 1 aliphatic rings. The van der Waals surface area contributed by atoms with Crippen molar-refractivity contribution < 1.29 is 9.90 Å². The molecule has 1 unspecified atom stereocenters. The van der Waals surface area contributed by atoms with E-state index in [2.05, 4.69) is 33.0 Å². The van der Waals surface area contributed by atoms with Crippen LogP contribution in [0.25, 0.3) is 0 Å². The smallest absolute Gasteiger partial charge is 0.314 e. The van der Waals surface area contributed by atoms with Crippen molar-refractivity contribution in [2.24, 2.45) is 0 Å². The highest BCUT2D eigenvalue weighted by atomic mass is 32.1. The van der Waals surface area contributed by atoms with Crippen LogP contribution in [-0.4, -0.2) is 42.2 Å². The van der Waals surface area contributed by atoms with Gasteiger partial charge in [0.1, 0.15) is 5.75 Å². The summed E-state index contributed by atoms with van der Waals surface area (Å²) in [5, 5.41) is 17.5. The number of hydrogen-bond donors (Lipinski definition) is 3. The van der Waals surface area contributed by atoms with Crippen LogP contribution >= 0.6 is 11.3 Å². The summed E-state index contributed by atoms with van der Waals surface area (Å²) >= 11 is 1.75. The Morgan fingerprint density at radius 1 is 1.20 bits per heavy atom. The number of aromatic hydroxyl groups is 1. The van der Waals surface area contributed by atoms with Crippen molar-refractivity contribution in [3.63, 3.8) is 0 Å². The molecule has 1 saturated heterocycles. The molecule has 6 heteroatoms. The number of rotatable bonds is 7. The third kappa shape index (κ3) is 5.21. The first-order valence-electron chi connectivity index (χ1n) is 8.79. The SMILES string of the molecule is O=C(NCCc1cccc(O)c1)NCC(c1cccs1)N1CCCC1. The number of phenols is 1. The zero-order valence-corrected chi connectivity index (χ0v) is 15.1. The molecular weight excluding hydrogens is 334 g/mol. The van der Waals surface area contributed by atoms with Crippen LogP contribution in [0.1, 0.15) is 29.3 Å². The number of likely N-dealkylation sites (tertiary alicyclic amines) is 1. The van der Waals surface area contributed by atoms with E-state index in [1.165, 1.54) is 17.7 Å². The Kier molecular flexibility index (Phi) is 6.30. The Morgan fingerprint density at radius 3 is 2.76 bits per heavy atom. The number of nitrogens with one attached hydrogen (secondary N) is 2. The molecule has 2 aromatic rings. The molecule has 3 rings (SSSR count). The molecule has 3 N–H and O–H groups in total. The van der Waals surface area contributed by atoms with E-state index >= 15 is 0 Å². The van der Waals surface area contributed by atoms with Gasteiger partial charge in [-0.1, -0.05) is 18.2 Å². The van der Waals surface area contributed by atoms with Gasteiger partial charge < -0.3 is 15.7 Å². The Balaban J connectivity index is 1.45. The standard InChI is InChI=1S/C19H25N3O2S/c23-16-6-3-5-15(13-16)8-9-20-19(24)21-14-17(18-7-4-12-25-18)22-10-1-2-11-22/h3-7,12-13,17,23H,1-2,8-11,14H2,(H2,20,21,24). The number of hydrogen-bond acceptors (Lipinski definition) is 4. The lowest BCUT2D eigenvalue weighted by Crippen LogP contribution is -2.41. The molecule has 25 heavy (non-hydrogen) atoms. The van der Waals surface area contributed by atoms with Crippen LogP contribution in [-0.2, 0) is 6.42 Å². The number of nitrogens with zero attached hydrogens (tertiary/aromatic N) is 1. The molecule has 1 fully saturated rings. The van der Waals surface area contributed by atoms with Crippen molar-refractivity contribution >= 4 is 17.4 Å². The highest BCUT2D eigenvalue weighted by molar-refractivity contribution is 7.10. The normalized spacial score (nSPS) is 15.8. The summed E-state index contributed by atoms with van der Waals surface area (Å²) in [6, 6.07) is 11.5. The lowest BCUT2D eigenvalue weighted by atomic mass is 10.1. The third-order valence-electron chi connectivity index (χ3n) is 4.52. The third-order valence-corrected chi connectivity index (χ3v) is 5.49. The number of carbonyl (C=O) groups is 1. The van der Waals surface area contributed by atoms with Gasteiger partial charge in [0.2, 0.25) is 0 Å². The van der Waals surface area contributed by atoms with Gasteiger partial charge in [0, 0.05) is 18.0 Å². The molecule has 0 aliphatic carbocycles. The molecule has 0 spiro atoms. The molecule has 134 valence electrons. The minimum atomic E-state index is -0.138. The average molecular weight is 359 g/mol. The minimum absolute atomic E-state index is 0.138. The molecule has 2 amide bonds. The fraction of sp³-hybridized carbons (Fsp3) is 0.421. The first-order valence-corrected chi connectivity index (χ1v) is 9.67. The number of urea groups is 1. The van der Waals surface area contributed by atoms with Gasteiger partial charge in [-0.2, -0.15) is 0 Å². The highest BCUT2D eigenvalue weighted by Gasteiger charge is 2.24. The van der Waals surface area contributed by atoms with Crippen LogP contribution in [0.4, 0.5) is 4.79 Å². The van der Waals surface area contributed by atoms with Gasteiger partial charge in [0.05, 0.1) is 6.04 Å². The van der Waals surface area contributed by atoms with Gasteiger partial charge in [-0.25, -0.2) is 4.79 Å². The maximum atomic E-state index is 12.1. The Morgan fingerprint density at radius 2 is 2.04 bits per heavy atom. The number of carbonyl (C=O) groups excluding carboxylic acids is 1. The second-order valence-corrected chi connectivity index (χ2v) is 7.31. The summed E-state index contributed by atoms with van der Waals surface area (Å²) < 4.78 is 0. The minimum Gasteiger partial charge on any atom is -0.508 e. The lowest BCUT2D eigenvalue weighted by molar-refractivity contribution is 0.222. The van der Waals surface area contributed by atoms with Gasteiger partial charge in [0.25, 0.3) is 0 Å². The zero-order chi connectivity index (χ0) is 17.5. The molecule has 2 heterocycles. The maximum Gasteiger partial charge on any atom is 0.314 e. The highest BCUT2D eigenvalue weighted by Crippen LogP contribution is 2.27. The summed E-state index contributed by atoms with van der Waals surface area (Å²) in [5.74, 6) is 0.256. The maximum absolute atomic E-state index is 12.1. The van der Waals surface area contributed by atoms with Crippen molar-refractivity contribution in [1.29, 1.82) is 0 Å². The van der Waals surface area contributed by atoms with Gasteiger partial charge in [-0.05, 0) is 61.5 Å². The summed E-state index contributed by atoms with van der Waals surface area (Å²) in [7, 11) is 0. The second-order valence-electron chi connectivity index (χ2n) is 6.33. The van der Waals surface area contributed by atoms with Gasteiger partial charge in [0.15, 0.2) is 0 Å². The van der Waals surface area contributed by atoms with Gasteiger partial charge in [-0.15, -0.1) is 11.3 Å². The molecule has 0 saturated carbocycles. The largest absolute Gasteiger partial charge is 0.508 e. The topological polar surface area (TPSA) is 64.6 Å². The van der Waals surface area contributed by atoms with Crippen LogP contribution < -0.4 is 10.6 Å². The summed E-state index contributed by atoms with van der Waals surface area (Å²) in [5.41, 5.74) is 1.01. The predicted molar refractivity (Wildman–Crippen MR) is 101 cm³/mol. The average Bonchev–Trinajstić information content (AvgIpc) is 3.29. The fourth-order valence-electron chi connectivity index (χ4n) is 3.23. The molecule has 1 aromatic carbocycles. The van der Waals surface area contributed by atoms with E-state index in [0.717, 1.165) is 18.7 Å². The monoisotopic (exact) mass is 359 g/mol. The van der Waals surface area contributed by atoms with Gasteiger partial charge >= 0.3 is 6.03 Å². The number of amides is 2. The van der Waals surface area contributed by atoms with E-state index in [-0.39, 0.29) is 17.8 Å².